The molecule has 24 heavy (non-hydrogen) atoms. The van der Waals surface area contributed by atoms with E-state index < -0.39 is 0 Å². The molecule has 3 aliphatic heterocycles. The van der Waals surface area contributed by atoms with Crippen molar-refractivity contribution >= 4 is 0 Å². The summed E-state index contributed by atoms with van der Waals surface area (Å²) >= 11 is 0. The van der Waals surface area contributed by atoms with Crippen molar-refractivity contribution in [2.45, 2.75) is 25.0 Å². The highest BCUT2D eigenvalue weighted by Gasteiger charge is 2.40. The van der Waals surface area contributed by atoms with Gasteiger partial charge in [0.05, 0.1) is 12.1 Å². The van der Waals surface area contributed by atoms with Gasteiger partial charge in [0, 0.05) is 5.56 Å². The van der Waals surface area contributed by atoms with E-state index in [0.29, 0.717) is 5.92 Å². The summed E-state index contributed by atoms with van der Waals surface area (Å²) in [6, 6.07) is 14.4. The molecule has 3 aliphatic rings. The molecule has 3 saturated heterocycles. The third kappa shape index (κ3) is 2.96. The van der Waals surface area contributed by atoms with Crippen LogP contribution in [0.4, 0.5) is 4.39 Å². The largest absolute Gasteiger partial charge is 0.390 e. The molecule has 1 N–H and O–H groups in total. The first-order valence-corrected chi connectivity index (χ1v) is 8.50. The summed E-state index contributed by atoms with van der Waals surface area (Å²) in [6.07, 6.45) is 1.86. The molecule has 5 rings (SSSR count). The molecule has 2 aromatic carbocycles. The van der Waals surface area contributed by atoms with Crippen LogP contribution in [-0.4, -0.2) is 35.2 Å². The van der Waals surface area contributed by atoms with E-state index >= 15 is 0 Å². The van der Waals surface area contributed by atoms with Gasteiger partial charge in [-0.05, 0) is 67.2 Å². The Morgan fingerprint density at radius 2 is 1.50 bits per heavy atom. The maximum Gasteiger partial charge on any atom is 0.123 e. The maximum atomic E-state index is 13.0. The molecule has 2 unspecified atom stereocenters. The molecule has 3 heteroatoms. The van der Waals surface area contributed by atoms with Gasteiger partial charge in [0.1, 0.15) is 5.82 Å². The SMILES string of the molecule is OC1C2CCN(CC2)C1C#Cc1ccc(-c2ccc(F)cc2)cc1. The van der Waals surface area contributed by atoms with Gasteiger partial charge in [-0.15, -0.1) is 0 Å². The quantitative estimate of drug-likeness (QED) is 0.815. The second-order valence-corrected chi connectivity index (χ2v) is 6.66. The van der Waals surface area contributed by atoms with Crippen LogP contribution in [-0.2, 0) is 0 Å². The van der Waals surface area contributed by atoms with Gasteiger partial charge in [-0.3, -0.25) is 4.90 Å². The van der Waals surface area contributed by atoms with Crippen molar-refractivity contribution in [2.75, 3.05) is 13.1 Å². The molecule has 0 saturated carbocycles. The smallest absolute Gasteiger partial charge is 0.123 e. The zero-order valence-electron chi connectivity index (χ0n) is 13.5. The topological polar surface area (TPSA) is 23.5 Å². The Hall–Kier alpha value is -2.15. The Labute approximate surface area is 141 Å². The van der Waals surface area contributed by atoms with Crippen LogP contribution in [0.25, 0.3) is 11.1 Å². The maximum absolute atomic E-state index is 13.0. The number of nitrogens with zero attached hydrogens (tertiary/aromatic N) is 1. The number of benzene rings is 2. The lowest BCUT2D eigenvalue weighted by Crippen LogP contribution is -2.57. The summed E-state index contributed by atoms with van der Waals surface area (Å²) < 4.78 is 13.0. The summed E-state index contributed by atoms with van der Waals surface area (Å²) in [5.74, 6) is 6.65. The van der Waals surface area contributed by atoms with Crippen molar-refractivity contribution in [2.24, 2.45) is 5.92 Å². The molecule has 3 fully saturated rings. The lowest BCUT2D eigenvalue weighted by atomic mass is 9.81. The van der Waals surface area contributed by atoms with E-state index in [1.165, 1.54) is 12.1 Å². The van der Waals surface area contributed by atoms with E-state index in [1.807, 2.05) is 24.3 Å². The summed E-state index contributed by atoms with van der Waals surface area (Å²) in [5.41, 5.74) is 2.97. The van der Waals surface area contributed by atoms with Crippen molar-refractivity contribution in [1.29, 1.82) is 0 Å². The molecule has 0 radical (unpaired) electrons. The van der Waals surface area contributed by atoms with E-state index in [2.05, 4.69) is 16.7 Å². The Morgan fingerprint density at radius 1 is 0.917 bits per heavy atom. The van der Waals surface area contributed by atoms with E-state index in [1.54, 1.807) is 12.1 Å². The molecule has 0 amide bonds. The molecular formula is C21H20FNO. The van der Waals surface area contributed by atoms with Gasteiger partial charge in [-0.25, -0.2) is 4.39 Å². The van der Waals surface area contributed by atoms with E-state index in [4.69, 9.17) is 0 Å². The van der Waals surface area contributed by atoms with Crippen LogP contribution >= 0.6 is 0 Å². The summed E-state index contributed by atoms with van der Waals surface area (Å²) in [6.45, 7) is 2.09. The zero-order valence-corrected chi connectivity index (χ0v) is 13.5. The minimum Gasteiger partial charge on any atom is -0.390 e. The normalized spacial score (nSPS) is 28.2. The van der Waals surface area contributed by atoms with Gasteiger partial charge < -0.3 is 5.11 Å². The highest BCUT2D eigenvalue weighted by Crippen LogP contribution is 2.32. The van der Waals surface area contributed by atoms with Crippen LogP contribution < -0.4 is 0 Å². The molecule has 2 aromatic rings. The molecule has 2 atom stereocenters. The van der Waals surface area contributed by atoms with E-state index in [0.717, 1.165) is 42.6 Å². The van der Waals surface area contributed by atoms with Crippen LogP contribution in [0, 0.1) is 23.6 Å². The average Bonchev–Trinajstić information content (AvgIpc) is 2.63. The second kappa shape index (κ2) is 6.39. The highest BCUT2D eigenvalue weighted by molar-refractivity contribution is 5.64. The molecule has 0 spiro atoms. The van der Waals surface area contributed by atoms with Crippen LogP contribution in [0.3, 0.4) is 0 Å². The lowest BCUT2D eigenvalue weighted by Gasteiger charge is -2.46. The van der Waals surface area contributed by atoms with Crippen LogP contribution in [0.5, 0.6) is 0 Å². The molecule has 2 nitrogen and oxygen atoms in total. The van der Waals surface area contributed by atoms with Crippen molar-refractivity contribution in [3.05, 3.63) is 59.9 Å². The van der Waals surface area contributed by atoms with Crippen molar-refractivity contribution in [3.8, 4) is 23.0 Å². The third-order valence-electron chi connectivity index (χ3n) is 5.20. The number of halogens is 1. The van der Waals surface area contributed by atoms with Crippen LogP contribution in [0.15, 0.2) is 48.5 Å². The molecule has 0 aliphatic carbocycles. The van der Waals surface area contributed by atoms with Gasteiger partial charge in [-0.1, -0.05) is 36.1 Å². The summed E-state index contributed by atoms with van der Waals surface area (Å²) in [5, 5.41) is 10.4. The van der Waals surface area contributed by atoms with Crippen molar-refractivity contribution < 1.29 is 9.50 Å². The molecule has 0 aromatic heterocycles. The lowest BCUT2D eigenvalue weighted by molar-refractivity contribution is -0.0500. The number of hydrogen-bond donors (Lipinski definition) is 1. The van der Waals surface area contributed by atoms with Gasteiger partial charge in [0.25, 0.3) is 0 Å². The first-order valence-electron chi connectivity index (χ1n) is 8.50. The van der Waals surface area contributed by atoms with Crippen molar-refractivity contribution in [1.82, 2.24) is 4.90 Å². The number of aliphatic hydroxyl groups excluding tert-OH is 1. The average molecular weight is 321 g/mol. The van der Waals surface area contributed by atoms with Crippen LogP contribution in [0.1, 0.15) is 18.4 Å². The van der Waals surface area contributed by atoms with E-state index in [9.17, 15) is 9.50 Å². The predicted octanol–water partition coefficient (Wildman–Crippen LogP) is 3.30. The summed E-state index contributed by atoms with van der Waals surface area (Å²) in [4.78, 5) is 2.30. The Kier molecular flexibility index (Phi) is 4.10. The molecule has 122 valence electrons. The van der Waals surface area contributed by atoms with Gasteiger partial charge in [0.15, 0.2) is 0 Å². The first kappa shape index (κ1) is 15.4. The summed E-state index contributed by atoms with van der Waals surface area (Å²) in [7, 11) is 0. The third-order valence-corrected chi connectivity index (χ3v) is 5.20. The van der Waals surface area contributed by atoms with Gasteiger partial charge in [-0.2, -0.15) is 0 Å². The molecule has 2 bridgehead atoms. The van der Waals surface area contributed by atoms with Gasteiger partial charge in [0.2, 0.25) is 0 Å². The highest BCUT2D eigenvalue weighted by atomic mass is 19.1. The number of fused-ring (bicyclic) bond motifs is 3. The number of rotatable bonds is 1. The monoisotopic (exact) mass is 321 g/mol. The standard InChI is InChI=1S/C21H20FNO/c22-19-8-6-17(7-9-19)16-4-1-15(2-5-16)3-10-20-21(24)18-11-13-23(20)14-12-18/h1-2,4-9,18,20-21,24H,11-14H2. The number of aliphatic hydroxyl groups is 1. The van der Waals surface area contributed by atoms with Crippen LogP contribution in [0.2, 0.25) is 0 Å². The molecule has 3 heterocycles. The Bertz CT molecular complexity index is 762. The second-order valence-electron chi connectivity index (χ2n) is 6.66. The fourth-order valence-corrected chi connectivity index (χ4v) is 3.74. The first-order chi connectivity index (χ1) is 11.7. The van der Waals surface area contributed by atoms with Gasteiger partial charge >= 0.3 is 0 Å². The van der Waals surface area contributed by atoms with Crippen molar-refractivity contribution in [3.63, 3.8) is 0 Å². The Balaban J connectivity index is 1.51. The fraction of sp³-hybridized carbons (Fsp3) is 0.333. The number of piperidine rings is 3. The minimum atomic E-state index is -0.321. The zero-order chi connectivity index (χ0) is 16.5. The predicted molar refractivity (Wildman–Crippen MR) is 92.8 cm³/mol. The fourth-order valence-electron chi connectivity index (χ4n) is 3.74. The number of hydrogen-bond acceptors (Lipinski definition) is 2. The Morgan fingerprint density at radius 3 is 2.08 bits per heavy atom. The minimum absolute atomic E-state index is 0.0331. The van der Waals surface area contributed by atoms with E-state index in [-0.39, 0.29) is 18.0 Å². The molecular weight excluding hydrogens is 301 g/mol.